The van der Waals surface area contributed by atoms with Gasteiger partial charge in [-0.15, -0.1) is 0 Å². The van der Waals surface area contributed by atoms with Crippen molar-refractivity contribution < 1.29 is 17.9 Å². The Morgan fingerprint density at radius 3 is 2.65 bits per heavy atom. The summed E-state index contributed by atoms with van der Waals surface area (Å²) in [6.45, 7) is 2.86. The van der Waals surface area contributed by atoms with Gasteiger partial charge in [-0.05, 0) is 36.8 Å². The van der Waals surface area contributed by atoms with Crippen LogP contribution in [0.1, 0.15) is 26.2 Å². The molecule has 1 aromatic heterocycles. The fourth-order valence-electron chi connectivity index (χ4n) is 3.06. The minimum Gasteiger partial charge on any atom is -0.408 e. The van der Waals surface area contributed by atoms with Crippen molar-refractivity contribution in [3.63, 3.8) is 0 Å². The standard InChI is InChI=1S/C15H20N2O5S/c1-2-15(10-18)5-7-17(8-6-15)23(20,21)11-3-4-12-13(9-11)22-14(19)16-12/h3-4,9,18H,2,5-8,10H2,1H3,(H,16,19). The molecule has 0 aliphatic carbocycles. The average molecular weight is 340 g/mol. The van der Waals surface area contributed by atoms with Crippen molar-refractivity contribution in [2.75, 3.05) is 19.7 Å². The minimum atomic E-state index is -3.64. The summed E-state index contributed by atoms with van der Waals surface area (Å²) < 4.78 is 31.9. The maximum atomic E-state index is 12.8. The van der Waals surface area contributed by atoms with E-state index in [4.69, 9.17) is 4.42 Å². The van der Waals surface area contributed by atoms with Crippen molar-refractivity contribution in [2.45, 2.75) is 31.1 Å². The third-order valence-electron chi connectivity index (χ3n) is 4.90. The highest BCUT2D eigenvalue weighted by Crippen LogP contribution is 2.36. The molecule has 8 heteroatoms. The molecule has 0 bridgehead atoms. The fraction of sp³-hybridized carbons (Fsp3) is 0.533. The number of nitrogens with zero attached hydrogens (tertiary/aromatic N) is 1. The molecule has 2 aromatic rings. The van der Waals surface area contributed by atoms with Gasteiger partial charge in [0.1, 0.15) is 0 Å². The molecule has 1 aliphatic heterocycles. The molecule has 1 fully saturated rings. The lowest BCUT2D eigenvalue weighted by Crippen LogP contribution is -2.44. The molecule has 0 spiro atoms. The van der Waals surface area contributed by atoms with Crippen molar-refractivity contribution in [3.05, 3.63) is 28.7 Å². The molecule has 3 rings (SSSR count). The van der Waals surface area contributed by atoms with E-state index in [1.807, 2.05) is 6.92 Å². The van der Waals surface area contributed by atoms with Crippen LogP contribution in [0.4, 0.5) is 0 Å². The van der Waals surface area contributed by atoms with E-state index in [1.165, 1.54) is 22.5 Å². The van der Waals surface area contributed by atoms with E-state index in [0.29, 0.717) is 31.4 Å². The van der Waals surface area contributed by atoms with Crippen LogP contribution in [0, 0.1) is 5.41 Å². The van der Waals surface area contributed by atoms with Crippen LogP contribution < -0.4 is 5.76 Å². The Morgan fingerprint density at radius 2 is 2.04 bits per heavy atom. The average Bonchev–Trinajstić information content (AvgIpc) is 2.94. The van der Waals surface area contributed by atoms with Crippen LogP contribution in [-0.4, -0.2) is 42.5 Å². The number of piperidine rings is 1. The lowest BCUT2D eigenvalue weighted by Gasteiger charge is -2.39. The predicted molar refractivity (Wildman–Crippen MR) is 84.6 cm³/mol. The number of aromatic amines is 1. The van der Waals surface area contributed by atoms with E-state index in [-0.39, 0.29) is 22.5 Å². The van der Waals surface area contributed by atoms with Crippen molar-refractivity contribution in [2.24, 2.45) is 5.41 Å². The number of benzene rings is 1. The highest BCUT2D eigenvalue weighted by molar-refractivity contribution is 7.89. The van der Waals surface area contributed by atoms with Gasteiger partial charge in [0.15, 0.2) is 5.58 Å². The van der Waals surface area contributed by atoms with Crippen molar-refractivity contribution >= 4 is 21.1 Å². The highest BCUT2D eigenvalue weighted by atomic mass is 32.2. The number of aromatic nitrogens is 1. The summed E-state index contributed by atoms with van der Waals surface area (Å²) in [5.74, 6) is -0.608. The van der Waals surface area contributed by atoms with Crippen molar-refractivity contribution in [1.82, 2.24) is 9.29 Å². The zero-order chi connectivity index (χ0) is 16.7. The molecule has 0 amide bonds. The number of aliphatic hydroxyl groups is 1. The van der Waals surface area contributed by atoms with E-state index in [0.717, 1.165) is 6.42 Å². The summed E-state index contributed by atoms with van der Waals surface area (Å²) in [4.78, 5) is 13.8. The largest absolute Gasteiger partial charge is 0.417 e. The zero-order valence-corrected chi connectivity index (χ0v) is 13.7. The molecule has 126 valence electrons. The van der Waals surface area contributed by atoms with E-state index >= 15 is 0 Å². The van der Waals surface area contributed by atoms with Crippen LogP contribution in [0.3, 0.4) is 0 Å². The Hall–Kier alpha value is -1.64. The third-order valence-corrected chi connectivity index (χ3v) is 6.79. The molecule has 1 aromatic carbocycles. The van der Waals surface area contributed by atoms with Crippen LogP contribution in [0.15, 0.2) is 32.3 Å². The normalized spacial score (nSPS) is 19.2. The molecule has 2 N–H and O–H groups in total. The van der Waals surface area contributed by atoms with Gasteiger partial charge in [0, 0.05) is 25.8 Å². The fourth-order valence-corrected chi connectivity index (χ4v) is 4.52. The number of hydrogen-bond acceptors (Lipinski definition) is 5. The van der Waals surface area contributed by atoms with Crippen molar-refractivity contribution in [1.29, 1.82) is 0 Å². The second kappa shape index (κ2) is 5.77. The molecule has 1 saturated heterocycles. The molecule has 0 saturated carbocycles. The van der Waals surface area contributed by atoms with Gasteiger partial charge in [0.2, 0.25) is 10.0 Å². The quantitative estimate of drug-likeness (QED) is 0.873. The second-order valence-electron chi connectivity index (χ2n) is 6.09. The van der Waals surface area contributed by atoms with Gasteiger partial charge in [0.05, 0.1) is 10.4 Å². The molecular weight excluding hydrogens is 320 g/mol. The van der Waals surface area contributed by atoms with E-state index in [1.54, 1.807) is 0 Å². The summed E-state index contributed by atoms with van der Waals surface area (Å²) in [5, 5.41) is 9.55. The van der Waals surface area contributed by atoms with Crippen LogP contribution in [0.5, 0.6) is 0 Å². The second-order valence-corrected chi connectivity index (χ2v) is 8.03. The van der Waals surface area contributed by atoms with Gasteiger partial charge < -0.3 is 9.52 Å². The Balaban J connectivity index is 1.87. The number of nitrogens with one attached hydrogen (secondary N) is 1. The highest BCUT2D eigenvalue weighted by Gasteiger charge is 2.37. The van der Waals surface area contributed by atoms with E-state index in [9.17, 15) is 18.3 Å². The number of sulfonamides is 1. The van der Waals surface area contributed by atoms with Crippen LogP contribution in [-0.2, 0) is 10.0 Å². The van der Waals surface area contributed by atoms with Gasteiger partial charge in [-0.25, -0.2) is 13.2 Å². The molecule has 0 atom stereocenters. The van der Waals surface area contributed by atoms with Crippen molar-refractivity contribution in [3.8, 4) is 0 Å². The van der Waals surface area contributed by atoms with Crippen LogP contribution in [0.2, 0.25) is 0 Å². The predicted octanol–water partition coefficient (Wildman–Crippen LogP) is 1.29. The molecule has 2 heterocycles. The summed E-state index contributed by atoms with van der Waals surface area (Å²) in [6.07, 6.45) is 2.11. The van der Waals surface area contributed by atoms with Gasteiger partial charge in [-0.2, -0.15) is 4.31 Å². The number of H-pyrrole nitrogens is 1. The summed E-state index contributed by atoms with van der Waals surface area (Å²) in [7, 11) is -3.64. The molecule has 0 radical (unpaired) electrons. The van der Waals surface area contributed by atoms with Gasteiger partial charge in [-0.1, -0.05) is 6.92 Å². The Morgan fingerprint density at radius 1 is 1.35 bits per heavy atom. The number of oxazole rings is 1. The topological polar surface area (TPSA) is 104 Å². The van der Waals surface area contributed by atoms with Gasteiger partial charge >= 0.3 is 5.76 Å². The summed E-state index contributed by atoms with van der Waals surface area (Å²) in [6, 6.07) is 4.37. The smallest absolute Gasteiger partial charge is 0.408 e. The third kappa shape index (κ3) is 2.82. The number of rotatable bonds is 4. The summed E-state index contributed by atoms with van der Waals surface area (Å²) >= 11 is 0. The molecule has 23 heavy (non-hydrogen) atoms. The van der Waals surface area contributed by atoms with Crippen LogP contribution in [0.25, 0.3) is 11.1 Å². The maximum Gasteiger partial charge on any atom is 0.417 e. The Kier molecular flexibility index (Phi) is 4.07. The Labute approximate surface area is 134 Å². The molecule has 1 aliphatic rings. The summed E-state index contributed by atoms with van der Waals surface area (Å²) in [5.41, 5.74) is 0.521. The zero-order valence-electron chi connectivity index (χ0n) is 12.9. The Bertz CT molecular complexity index is 853. The lowest BCUT2D eigenvalue weighted by atomic mass is 9.77. The number of aliphatic hydroxyl groups excluding tert-OH is 1. The minimum absolute atomic E-state index is 0.0812. The first-order valence-electron chi connectivity index (χ1n) is 7.64. The maximum absolute atomic E-state index is 12.8. The molecule has 7 nitrogen and oxygen atoms in total. The lowest BCUT2D eigenvalue weighted by molar-refractivity contribution is 0.0647. The number of hydrogen-bond donors (Lipinski definition) is 2. The first-order chi connectivity index (χ1) is 10.9. The van der Waals surface area contributed by atoms with Gasteiger partial charge in [0.25, 0.3) is 0 Å². The molecule has 0 unspecified atom stereocenters. The SMILES string of the molecule is CCC1(CO)CCN(S(=O)(=O)c2ccc3[nH]c(=O)oc3c2)CC1. The first-order valence-corrected chi connectivity index (χ1v) is 9.08. The van der Waals surface area contributed by atoms with E-state index < -0.39 is 15.8 Å². The van der Waals surface area contributed by atoms with Crippen LogP contribution >= 0.6 is 0 Å². The first kappa shape index (κ1) is 16.2. The van der Waals surface area contributed by atoms with Gasteiger partial charge in [-0.3, -0.25) is 4.98 Å². The number of fused-ring (bicyclic) bond motifs is 1. The monoisotopic (exact) mass is 340 g/mol. The molecular formula is C15H20N2O5S. The van der Waals surface area contributed by atoms with E-state index in [2.05, 4.69) is 4.98 Å².